The van der Waals surface area contributed by atoms with Crippen LogP contribution in [0.1, 0.15) is 5.56 Å². The summed E-state index contributed by atoms with van der Waals surface area (Å²) in [4.78, 5) is 7.13. The lowest BCUT2D eigenvalue weighted by atomic mass is 10.2. The van der Waals surface area contributed by atoms with E-state index in [1.807, 2.05) is 31.3 Å². The zero-order valence-electron chi connectivity index (χ0n) is 15.3. The van der Waals surface area contributed by atoms with Gasteiger partial charge in [0.1, 0.15) is 0 Å². The number of benzene rings is 2. The molecule has 0 N–H and O–H groups in total. The first-order valence-electron chi connectivity index (χ1n) is 8.81. The van der Waals surface area contributed by atoms with E-state index in [0.717, 1.165) is 17.0 Å². The standard InChI is InChI=1S/C19H21ClN4O2S/c1-14-15(20)6-5-9-18(14)27(25,26)24-12-10-23(11-13-24)19-21-16-7-3-4-8-17(16)22(19)2/h3-9H,10-13H2,1-2H3. The quantitative estimate of drug-likeness (QED) is 0.673. The fourth-order valence-electron chi connectivity index (χ4n) is 3.55. The lowest BCUT2D eigenvalue weighted by Gasteiger charge is -2.34. The summed E-state index contributed by atoms with van der Waals surface area (Å²) in [5, 5.41) is 0.467. The van der Waals surface area contributed by atoms with Crippen LogP contribution in [-0.2, 0) is 17.1 Å². The van der Waals surface area contributed by atoms with Crippen LogP contribution in [0.5, 0.6) is 0 Å². The number of aryl methyl sites for hydroxylation is 1. The van der Waals surface area contributed by atoms with Crippen LogP contribution in [0.25, 0.3) is 11.0 Å². The van der Waals surface area contributed by atoms with Crippen molar-refractivity contribution in [3.8, 4) is 0 Å². The molecule has 1 aromatic heterocycles. The number of hydrogen-bond acceptors (Lipinski definition) is 4. The summed E-state index contributed by atoms with van der Waals surface area (Å²) in [6.45, 7) is 3.76. The van der Waals surface area contributed by atoms with E-state index in [0.29, 0.717) is 36.8 Å². The second-order valence-corrected chi connectivity index (χ2v) is 9.03. The van der Waals surface area contributed by atoms with Crippen LogP contribution >= 0.6 is 11.6 Å². The lowest BCUT2D eigenvalue weighted by Crippen LogP contribution is -2.49. The van der Waals surface area contributed by atoms with Gasteiger partial charge in [0.05, 0.1) is 15.9 Å². The Morgan fingerprint density at radius 3 is 2.41 bits per heavy atom. The molecule has 27 heavy (non-hydrogen) atoms. The van der Waals surface area contributed by atoms with Crippen LogP contribution in [0.4, 0.5) is 5.95 Å². The number of piperazine rings is 1. The van der Waals surface area contributed by atoms with Gasteiger partial charge in [0.2, 0.25) is 16.0 Å². The van der Waals surface area contributed by atoms with E-state index >= 15 is 0 Å². The van der Waals surface area contributed by atoms with E-state index in [9.17, 15) is 8.42 Å². The molecular formula is C19H21ClN4O2S. The Hall–Kier alpha value is -2.09. The Morgan fingerprint density at radius 2 is 1.70 bits per heavy atom. The minimum Gasteiger partial charge on any atom is -0.340 e. The van der Waals surface area contributed by atoms with Crippen LogP contribution in [0.15, 0.2) is 47.4 Å². The van der Waals surface area contributed by atoms with Crippen molar-refractivity contribution in [3.05, 3.63) is 53.1 Å². The molecule has 8 heteroatoms. The Balaban J connectivity index is 1.56. The number of sulfonamides is 1. The SMILES string of the molecule is Cc1c(Cl)cccc1S(=O)(=O)N1CCN(c2nc3ccccc3n2C)CC1. The highest BCUT2D eigenvalue weighted by Gasteiger charge is 2.31. The molecule has 0 saturated carbocycles. The molecule has 1 aliphatic rings. The van der Waals surface area contributed by atoms with Gasteiger partial charge in [0, 0.05) is 38.2 Å². The highest BCUT2D eigenvalue weighted by molar-refractivity contribution is 7.89. The minimum atomic E-state index is -3.56. The molecule has 0 spiro atoms. The van der Waals surface area contributed by atoms with Crippen molar-refractivity contribution >= 4 is 38.6 Å². The van der Waals surface area contributed by atoms with Gasteiger partial charge < -0.3 is 9.47 Å². The molecule has 142 valence electrons. The summed E-state index contributed by atoms with van der Waals surface area (Å²) in [7, 11) is -1.57. The average molecular weight is 405 g/mol. The number of imidazole rings is 1. The molecule has 0 unspecified atom stereocenters. The third-order valence-corrected chi connectivity index (χ3v) is 7.57. The van der Waals surface area contributed by atoms with E-state index in [4.69, 9.17) is 16.6 Å². The molecule has 2 aromatic carbocycles. The summed E-state index contributed by atoms with van der Waals surface area (Å²) >= 11 is 6.12. The number of aromatic nitrogens is 2. The van der Waals surface area contributed by atoms with E-state index in [1.165, 1.54) is 4.31 Å². The number of rotatable bonds is 3. The van der Waals surface area contributed by atoms with Crippen molar-refractivity contribution in [2.75, 3.05) is 31.1 Å². The van der Waals surface area contributed by atoms with Crippen LogP contribution in [0.2, 0.25) is 5.02 Å². The van der Waals surface area contributed by atoms with Crippen molar-refractivity contribution in [2.45, 2.75) is 11.8 Å². The summed E-state index contributed by atoms with van der Waals surface area (Å²) in [6, 6.07) is 13.0. The molecule has 2 heterocycles. The fourth-order valence-corrected chi connectivity index (χ4v) is 5.45. The van der Waals surface area contributed by atoms with Crippen LogP contribution in [-0.4, -0.2) is 48.5 Å². The average Bonchev–Trinajstić information content (AvgIpc) is 3.01. The van der Waals surface area contributed by atoms with Crippen LogP contribution < -0.4 is 4.90 Å². The van der Waals surface area contributed by atoms with Crippen molar-refractivity contribution in [3.63, 3.8) is 0 Å². The van der Waals surface area contributed by atoms with Crippen LogP contribution in [0.3, 0.4) is 0 Å². The van der Waals surface area contributed by atoms with Gasteiger partial charge in [-0.25, -0.2) is 13.4 Å². The normalized spacial score (nSPS) is 16.2. The van der Waals surface area contributed by atoms with Gasteiger partial charge in [0.25, 0.3) is 0 Å². The van der Waals surface area contributed by atoms with Crippen molar-refractivity contribution < 1.29 is 8.42 Å². The predicted octanol–water partition coefficient (Wildman–Crippen LogP) is 3.05. The number of nitrogens with zero attached hydrogens (tertiary/aromatic N) is 4. The Labute approximate surface area is 164 Å². The lowest BCUT2D eigenvalue weighted by molar-refractivity contribution is 0.381. The maximum absolute atomic E-state index is 13.0. The molecule has 6 nitrogen and oxygen atoms in total. The molecule has 4 rings (SSSR count). The first-order chi connectivity index (χ1) is 12.9. The smallest absolute Gasteiger partial charge is 0.243 e. The Bertz CT molecular complexity index is 1100. The third-order valence-electron chi connectivity index (χ3n) is 5.12. The van der Waals surface area contributed by atoms with Gasteiger partial charge in [0.15, 0.2) is 0 Å². The molecule has 1 fully saturated rings. The molecule has 0 aliphatic carbocycles. The summed E-state index contributed by atoms with van der Waals surface area (Å²) in [5.74, 6) is 0.868. The maximum atomic E-state index is 13.0. The van der Waals surface area contributed by atoms with E-state index in [-0.39, 0.29) is 4.90 Å². The molecular weight excluding hydrogens is 384 g/mol. The second kappa shape index (κ2) is 6.82. The van der Waals surface area contributed by atoms with Gasteiger partial charge in [-0.15, -0.1) is 0 Å². The topological polar surface area (TPSA) is 58.4 Å². The van der Waals surface area contributed by atoms with Gasteiger partial charge in [-0.3, -0.25) is 0 Å². The predicted molar refractivity (Wildman–Crippen MR) is 108 cm³/mol. The van der Waals surface area contributed by atoms with Gasteiger partial charge >= 0.3 is 0 Å². The van der Waals surface area contributed by atoms with Gasteiger partial charge in [-0.05, 0) is 36.8 Å². The summed E-state index contributed by atoms with van der Waals surface area (Å²) in [6.07, 6.45) is 0. The molecule has 3 aromatic rings. The summed E-state index contributed by atoms with van der Waals surface area (Å²) in [5.41, 5.74) is 2.61. The number of anilines is 1. The first kappa shape index (κ1) is 18.3. The molecule has 0 amide bonds. The highest BCUT2D eigenvalue weighted by atomic mass is 35.5. The molecule has 1 aliphatic heterocycles. The van der Waals surface area contributed by atoms with E-state index in [1.54, 1.807) is 25.1 Å². The van der Waals surface area contributed by atoms with Crippen molar-refractivity contribution in [1.29, 1.82) is 0 Å². The molecule has 0 radical (unpaired) electrons. The zero-order chi connectivity index (χ0) is 19.2. The Morgan fingerprint density at radius 1 is 1.00 bits per heavy atom. The summed E-state index contributed by atoms with van der Waals surface area (Å²) < 4.78 is 29.7. The number of hydrogen-bond donors (Lipinski definition) is 0. The first-order valence-corrected chi connectivity index (χ1v) is 10.6. The largest absolute Gasteiger partial charge is 0.340 e. The molecule has 0 atom stereocenters. The van der Waals surface area contributed by atoms with E-state index in [2.05, 4.69) is 9.47 Å². The van der Waals surface area contributed by atoms with Crippen molar-refractivity contribution in [1.82, 2.24) is 13.9 Å². The number of fused-ring (bicyclic) bond motifs is 1. The second-order valence-electron chi connectivity index (χ2n) is 6.71. The number of halogens is 1. The molecule has 1 saturated heterocycles. The van der Waals surface area contributed by atoms with Gasteiger partial charge in [-0.1, -0.05) is 29.8 Å². The maximum Gasteiger partial charge on any atom is 0.243 e. The number of para-hydroxylation sites is 2. The van der Waals surface area contributed by atoms with Crippen LogP contribution in [0, 0.1) is 6.92 Å². The monoisotopic (exact) mass is 404 g/mol. The molecule has 0 bridgehead atoms. The Kier molecular flexibility index (Phi) is 4.61. The van der Waals surface area contributed by atoms with Crippen molar-refractivity contribution in [2.24, 2.45) is 7.05 Å². The zero-order valence-corrected chi connectivity index (χ0v) is 16.8. The highest BCUT2D eigenvalue weighted by Crippen LogP contribution is 2.27. The fraction of sp³-hybridized carbons (Fsp3) is 0.316. The van der Waals surface area contributed by atoms with Gasteiger partial charge in [-0.2, -0.15) is 4.31 Å². The minimum absolute atomic E-state index is 0.284. The van der Waals surface area contributed by atoms with E-state index < -0.39 is 10.0 Å². The third kappa shape index (κ3) is 3.09.